The lowest BCUT2D eigenvalue weighted by Crippen LogP contribution is -2.46. The summed E-state index contributed by atoms with van der Waals surface area (Å²) in [6, 6.07) is 7.19. The lowest BCUT2D eigenvalue weighted by atomic mass is 10.1. The Morgan fingerprint density at radius 1 is 0.875 bits per heavy atom. The summed E-state index contributed by atoms with van der Waals surface area (Å²) in [5.41, 5.74) is 0. The topological polar surface area (TPSA) is 57.2 Å². The van der Waals surface area contributed by atoms with Gasteiger partial charge in [0.2, 0.25) is 0 Å². The molecular weight excluding hydrogens is 533 g/mol. The third-order valence-electron chi connectivity index (χ3n) is 6.26. The van der Waals surface area contributed by atoms with Crippen LogP contribution in [0.3, 0.4) is 0 Å². The fourth-order valence-corrected chi connectivity index (χ4v) is 5.02. The van der Waals surface area contributed by atoms with E-state index < -0.39 is 10.1 Å². The molecule has 1 aromatic rings. The second kappa shape index (κ2) is 17.8. The molecule has 32 heavy (non-hydrogen) atoms. The molecule has 0 aromatic heterocycles. The van der Waals surface area contributed by atoms with Crippen LogP contribution in [0.25, 0.3) is 0 Å². The summed E-state index contributed by atoms with van der Waals surface area (Å²) in [5.74, 6) is 3.33. The lowest BCUT2D eigenvalue weighted by molar-refractivity contribution is -0.910. The van der Waals surface area contributed by atoms with Crippen molar-refractivity contribution in [2.45, 2.75) is 95.3 Å². The maximum absolute atomic E-state index is 10.3. The van der Waals surface area contributed by atoms with Crippen molar-refractivity contribution in [3.8, 4) is 9.85 Å². The van der Waals surface area contributed by atoms with Crippen molar-refractivity contribution in [1.82, 2.24) is 0 Å². The highest BCUT2D eigenvalue weighted by Gasteiger charge is 2.30. The molecule has 0 amide bonds. The summed E-state index contributed by atoms with van der Waals surface area (Å²) in [6.07, 6.45) is 18.7. The second-order valence-electron chi connectivity index (χ2n) is 8.95. The first kappa shape index (κ1) is 29.4. The Labute approximate surface area is 211 Å². The number of rotatable bonds is 14. The van der Waals surface area contributed by atoms with Gasteiger partial charge in [-0.3, -0.25) is 0 Å². The average Bonchev–Trinajstić information content (AvgIpc) is 3.25. The van der Waals surface area contributed by atoms with E-state index in [1.807, 2.05) is 0 Å². The van der Waals surface area contributed by atoms with Crippen LogP contribution in [-0.2, 0) is 10.1 Å². The number of nitrogens with zero attached hydrogens (tertiary/aromatic N) is 1. The number of benzene rings is 1. The van der Waals surface area contributed by atoms with Gasteiger partial charge < -0.3 is 9.04 Å². The molecule has 0 unspecified atom stereocenters. The maximum atomic E-state index is 10.3. The molecule has 2 rings (SSSR count). The molecule has 1 aromatic carbocycles. The van der Waals surface area contributed by atoms with Gasteiger partial charge in [0.25, 0.3) is 0 Å². The molecule has 0 saturated carbocycles. The number of hydrogen-bond donors (Lipinski definition) is 0. The van der Waals surface area contributed by atoms with Crippen LogP contribution in [0, 0.1) is 9.85 Å². The van der Waals surface area contributed by atoms with Crippen molar-refractivity contribution in [3.63, 3.8) is 0 Å². The molecule has 0 N–H and O–H groups in total. The summed E-state index contributed by atoms with van der Waals surface area (Å²) in [4.78, 5) is -0.185. The third kappa shape index (κ3) is 13.8. The van der Waals surface area contributed by atoms with E-state index >= 15 is 0 Å². The molecule has 0 radical (unpaired) electrons. The molecule has 0 spiro atoms. The highest BCUT2D eigenvalue weighted by Crippen LogP contribution is 2.21. The highest BCUT2D eigenvalue weighted by molar-refractivity contribution is 14.1. The van der Waals surface area contributed by atoms with E-state index in [-0.39, 0.29) is 4.90 Å². The Bertz CT molecular complexity index is 750. The minimum Gasteiger partial charge on any atom is -0.744 e. The van der Waals surface area contributed by atoms with E-state index in [2.05, 4.69) is 39.4 Å². The number of halogens is 1. The van der Waals surface area contributed by atoms with Crippen LogP contribution in [0.15, 0.2) is 35.2 Å². The second-order valence-corrected chi connectivity index (χ2v) is 10.9. The van der Waals surface area contributed by atoms with Crippen LogP contribution >= 0.6 is 22.6 Å². The molecule has 1 fully saturated rings. The van der Waals surface area contributed by atoms with Crippen LogP contribution in [0.1, 0.15) is 90.4 Å². The van der Waals surface area contributed by atoms with Gasteiger partial charge in [-0.2, -0.15) is 0 Å². The zero-order valence-electron chi connectivity index (χ0n) is 19.9. The van der Waals surface area contributed by atoms with Crippen molar-refractivity contribution in [1.29, 1.82) is 0 Å². The normalized spacial score (nSPS) is 14.8. The summed E-state index contributed by atoms with van der Waals surface area (Å²) in [6.45, 7) is 7.53. The Morgan fingerprint density at radius 3 is 1.81 bits per heavy atom. The van der Waals surface area contributed by atoms with Crippen molar-refractivity contribution in [2.24, 2.45) is 0 Å². The van der Waals surface area contributed by atoms with Gasteiger partial charge >= 0.3 is 0 Å². The van der Waals surface area contributed by atoms with Crippen molar-refractivity contribution < 1.29 is 17.5 Å². The molecule has 0 bridgehead atoms. The number of hydrogen-bond acceptors (Lipinski definition) is 3. The molecule has 0 atom stereocenters. The quantitative estimate of drug-likeness (QED) is 0.0798. The summed E-state index contributed by atoms with van der Waals surface area (Å²) >= 11 is 2.18. The van der Waals surface area contributed by atoms with Gasteiger partial charge in [-0.05, 0) is 34.8 Å². The van der Waals surface area contributed by atoms with Crippen LogP contribution in [0.5, 0.6) is 0 Å². The molecule has 1 aliphatic heterocycles. The monoisotopic (exact) mass is 575 g/mol. The zero-order valence-corrected chi connectivity index (χ0v) is 22.8. The minimum atomic E-state index is -4.25. The Morgan fingerprint density at radius 2 is 1.38 bits per heavy atom. The van der Waals surface area contributed by atoms with Gasteiger partial charge in [-0.15, -0.1) is 0 Å². The first-order chi connectivity index (χ1) is 15.4. The fourth-order valence-electron chi connectivity index (χ4n) is 4.36. The van der Waals surface area contributed by atoms with E-state index in [4.69, 9.17) is 0 Å². The van der Waals surface area contributed by atoms with Crippen molar-refractivity contribution in [3.05, 3.63) is 30.3 Å². The van der Waals surface area contributed by atoms with Crippen LogP contribution in [0.4, 0.5) is 0 Å². The minimum absolute atomic E-state index is 0.185. The molecule has 1 saturated heterocycles. The molecule has 1 heterocycles. The third-order valence-corrected chi connectivity index (χ3v) is 7.49. The van der Waals surface area contributed by atoms with Gasteiger partial charge in [-0.1, -0.05) is 82.9 Å². The maximum Gasteiger partial charge on any atom is 0.141 e. The first-order valence-corrected chi connectivity index (χ1v) is 14.9. The average molecular weight is 576 g/mol. The summed E-state index contributed by atoms with van der Waals surface area (Å²) in [5, 5.41) is 0. The smallest absolute Gasteiger partial charge is 0.141 e. The van der Waals surface area contributed by atoms with E-state index in [9.17, 15) is 13.0 Å². The Balaban J connectivity index is 0.000000425. The molecule has 1 aliphatic rings. The highest BCUT2D eigenvalue weighted by atomic mass is 127. The molecule has 4 nitrogen and oxygen atoms in total. The Kier molecular flexibility index (Phi) is 16.4. The SMILES string of the molecule is CCCCCCCCCCCCC[N+]1(CC#CI)CCCC1.O=S(=O)([O-])c1ccccc1. The standard InChI is InChI=1S/C20H37IN.C6H6O3S/c1-2-3-4-5-6-7-8-9-10-11-12-17-22(20-15-16-21)18-13-14-19-22;7-10(8,9)6-4-2-1-3-5-6/h2-14,17-20H2,1H3;1-5H,(H,7,8,9)/q+1;/p-1. The predicted octanol–water partition coefficient (Wildman–Crippen LogP) is 6.89. The number of likely N-dealkylation sites (tertiary alicyclic amines) is 1. The van der Waals surface area contributed by atoms with Gasteiger partial charge in [0.1, 0.15) is 16.7 Å². The first-order valence-electron chi connectivity index (χ1n) is 12.4. The number of unbranched alkanes of at least 4 members (excludes halogenated alkanes) is 10. The van der Waals surface area contributed by atoms with Crippen molar-refractivity contribution in [2.75, 3.05) is 26.2 Å². The fraction of sp³-hybridized carbons (Fsp3) is 0.692. The van der Waals surface area contributed by atoms with E-state index in [1.54, 1.807) is 6.07 Å². The van der Waals surface area contributed by atoms with Crippen LogP contribution < -0.4 is 0 Å². The molecule has 6 heteroatoms. The largest absolute Gasteiger partial charge is 0.744 e. The van der Waals surface area contributed by atoms with Crippen LogP contribution in [-0.4, -0.2) is 43.6 Å². The summed E-state index contributed by atoms with van der Waals surface area (Å²) < 4.78 is 35.2. The van der Waals surface area contributed by atoms with E-state index in [1.165, 1.54) is 132 Å². The van der Waals surface area contributed by atoms with Gasteiger partial charge in [0.15, 0.2) is 0 Å². The summed E-state index contributed by atoms with van der Waals surface area (Å²) in [7, 11) is -4.25. The van der Waals surface area contributed by atoms with Gasteiger partial charge in [0.05, 0.1) is 24.5 Å². The van der Waals surface area contributed by atoms with Crippen LogP contribution in [0.2, 0.25) is 0 Å². The van der Waals surface area contributed by atoms with Gasteiger partial charge in [0, 0.05) is 35.4 Å². The van der Waals surface area contributed by atoms with Gasteiger partial charge in [-0.25, -0.2) is 8.42 Å². The molecule has 182 valence electrons. The zero-order chi connectivity index (χ0) is 23.5. The van der Waals surface area contributed by atoms with E-state index in [0.29, 0.717) is 0 Å². The van der Waals surface area contributed by atoms with Crippen molar-refractivity contribution >= 4 is 32.7 Å². The Hall–Kier alpha value is -0.620. The molecular formula is C26H42INO3S. The molecule has 0 aliphatic carbocycles. The predicted molar refractivity (Wildman–Crippen MR) is 142 cm³/mol. The van der Waals surface area contributed by atoms with E-state index in [0.717, 1.165) is 6.54 Å². The lowest BCUT2D eigenvalue weighted by Gasteiger charge is -2.32. The number of quaternary nitrogens is 1.